The van der Waals surface area contributed by atoms with Crippen LogP contribution < -0.4 is 14.8 Å². The van der Waals surface area contributed by atoms with Crippen LogP contribution in [0.2, 0.25) is 5.02 Å². The minimum Gasteiger partial charge on any atom is -0.493 e. The molecule has 1 amide bonds. The third-order valence-corrected chi connectivity index (χ3v) is 5.86. The molecule has 0 aliphatic carbocycles. The summed E-state index contributed by atoms with van der Waals surface area (Å²) in [6.07, 6.45) is 1.51. The number of amides is 1. The molecule has 33 heavy (non-hydrogen) atoms. The fourth-order valence-corrected chi connectivity index (χ4v) is 3.91. The monoisotopic (exact) mass is 524 g/mol. The molecule has 0 saturated heterocycles. The molecule has 3 aromatic rings. The zero-order valence-corrected chi connectivity index (χ0v) is 20.5. The Morgan fingerprint density at radius 2 is 1.88 bits per heavy atom. The predicted molar refractivity (Wildman–Crippen MR) is 133 cm³/mol. The van der Waals surface area contributed by atoms with E-state index in [0.29, 0.717) is 26.6 Å². The third-order valence-electron chi connectivity index (χ3n) is 4.90. The van der Waals surface area contributed by atoms with E-state index in [1.54, 1.807) is 18.2 Å². The van der Waals surface area contributed by atoms with Crippen molar-refractivity contribution < 1.29 is 14.3 Å². The lowest BCUT2D eigenvalue weighted by Gasteiger charge is -2.15. The summed E-state index contributed by atoms with van der Waals surface area (Å²) in [5.74, 6) is 0.497. The first-order chi connectivity index (χ1) is 15.9. The van der Waals surface area contributed by atoms with E-state index in [0.717, 1.165) is 11.1 Å². The highest BCUT2D eigenvalue weighted by Gasteiger charge is 2.16. The number of rotatable bonds is 8. The number of carbonyl (C=O) groups excluding carboxylic acids is 1. The van der Waals surface area contributed by atoms with Gasteiger partial charge < -0.3 is 14.8 Å². The Morgan fingerprint density at radius 1 is 1.18 bits per heavy atom. The van der Waals surface area contributed by atoms with Crippen molar-refractivity contribution in [1.82, 2.24) is 5.32 Å². The summed E-state index contributed by atoms with van der Waals surface area (Å²) in [5, 5.41) is 13.0. The fourth-order valence-electron chi connectivity index (χ4n) is 3.14. The van der Waals surface area contributed by atoms with Gasteiger partial charge in [-0.1, -0.05) is 60.1 Å². The highest BCUT2D eigenvalue weighted by atomic mass is 79.9. The molecule has 0 bridgehead atoms. The maximum atomic E-state index is 12.7. The summed E-state index contributed by atoms with van der Waals surface area (Å²) in [6, 6.07) is 22.2. The molecule has 0 aliphatic rings. The number of nitrogens with zero attached hydrogens (tertiary/aromatic N) is 1. The molecule has 7 heteroatoms. The van der Waals surface area contributed by atoms with Gasteiger partial charge in [0.15, 0.2) is 11.5 Å². The molecule has 0 fully saturated rings. The van der Waals surface area contributed by atoms with Gasteiger partial charge >= 0.3 is 0 Å². The lowest BCUT2D eigenvalue weighted by molar-refractivity contribution is -0.117. The van der Waals surface area contributed by atoms with Gasteiger partial charge in [-0.25, -0.2) is 0 Å². The predicted octanol–water partition coefficient (Wildman–Crippen LogP) is 6.47. The van der Waals surface area contributed by atoms with Gasteiger partial charge in [-0.3, -0.25) is 4.79 Å². The maximum absolute atomic E-state index is 12.7. The van der Waals surface area contributed by atoms with E-state index in [-0.39, 0.29) is 18.2 Å². The zero-order valence-electron chi connectivity index (χ0n) is 18.1. The van der Waals surface area contributed by atoms with Gasteiger partial charge in [0.1, 0.15) is 18.2 Å². The molecular formula is C26H22BrClN2O3. The van der Waals surface area contributed by atoms with Crippen molar-refractivity contribution in [3.8, 4) is 17.6 Å². The molecule has 0 saturated carbocycles. The SMILES string of the molecule is COc1cc(/C=C(\C#N)C(=O)N[C@H](C)c2ccccc2)cc(Br)c1OCc1ccccc1Cl. The lowest BCUT2D eigenvalue weighted by Crippen LogP contribution is -2.27. The molecule has 0 heterocycles. The van der Waals surface area contributed by atoms with Gasteiger partial charge in [0, 0.05) is 10.6 Å². The van der Waals surface area contributed by atoms with E-state index in [2.05, 4.69) is 21.2 Å². The van der Waals surface area contributed by atoms with Gasteiger partial charge in [0.05, 0.1) is 17.6 Å². The van der Waals surface area contributed by atoms with E-state index in [4.69, 9.17) is 21.1 Å². The van der Waals surface area contributed by atoms with E-state index in [1.807, 2.05) is 61.5 Å². The minimum atomic E-state index is -0.456. The molecule has 1 N–H and O–H groups in total. The van der Waals surface area contributed by atoms with Crippen molar-refractivity contribution in [1.29, 1.82) is 5.26 Å². The molecule has 0 aliphatic heterocycles. The summed E-state index contributed by atoms with van der Waals surface area (Å²) in [4.78, 5) is 12.7. The number of carbonyl (C=O) groups is 1. The van der Waals surface area contributed by atoms with E-state index in [1.165, 1.54) is 13.2 Å². The quantitative estimate of drug-likeness (QED) is 0.270. The standard InChI is InChI=1S/C26H22BrClN2O3/c1-17(19-8-4-3-5-9-19)30-26(31)21(15-29)12-18-13-22(27)25(24(14-18)32-2)33-16-20-10-6-7-11-23(20)28/h3-14,17H,16H2,1-2H3,(H,30,31)/b21-12+/t17-/m1/s1. The summed E-state index contributed by atoms with van der Waals surface area (Å²) >= 11 is 9.71. The number of methoxy groups -OCH3 is 1. The third kappa shape index (κ3) is 6.38. The number of hydrogen-bond donors (Lipinski definition) is 1. The van der Waals surface area contributed by atoms with Gasteiger partial charge in [-0.05, 0) is 58.3 Å². The smallest absolute Gasteiger partial charge is 0.262 e. The lowest BCUT2D eigenvalue weighted by atomic mass is 10.1. The van der Waals surface area contributed by atoms with Crippen molar-refractivity contribution in [3.05, 3.63) is 98.5 Å². The Bertz CT molecular complexity index is 1210. The Labute approximate surface area is 206 Å². The molecule has 3 aromatic carbocycles. The van der Waals surface area contributed by atoms with Gasteiger partial charge in [-0.2, -0.15) is 5.26 Å². The molecule has 5 nitrogen and oxygen atoms in total. The average molecular weight is 526 g/mol. The first-order valence-electron chi connectivity index (χ1n) is 10.1. The van der Waals surface area contributed by atoms with E-state index >= 15 is 0 Å². The van der Waals surface area contributed by atoms with Gasteiger partial charge in [-0.15, -0.1) is 0 Å². The summed E-state index contributed by atoms with van der Waals surface area (Å²) in [5.41, 5.74) is 2.39. The van der Waals surface area contributed by atoms with Crippen molar-refractivity contribution in [2.24, 2.45) is 0 Å². The first kappa shape index (κ1) is 24.4. The Morgan fingerprint density at radius 3 is 2.55 bits per heavy atom. The highest BCUT2D eigenvalue weighted by Crippen LogP contribution is 2.38. The van der Waals surface area contributed by atoms with Crippen molar-refractivity contribution >= 4 is 39.5 Å². The van der Waals surface area contributed by atoms with Crippen molar-refractivity contribution in [3.63, 3.8) is 0 Å². The molecule has 0 aromatic heterocycles. The molecule has 1 atom stereocenters. The van der Waals surface area contributed by atoms with Crippen LogP contribution in [0.25, 0.3) is 6.08 Å². The van der Waals surface area contributed by atoms with E-state index < -0.39 is 5.91 Å². The maximum Gasteiger partial charge on any atom is 0.262 e. The Hall–Kier alpha value is -3.27. The Balaban J connectivity index is 1.80. The number of halogens is 2. The number of nitrogens with one attached hydrogen (secondary N) is 1. The van der Waals surface area contributed by atoms with Gasteiger partial charge in [0.2, 0.25) is 0 Å². The molecule has 3 rings (SSSR count). The van der Waals surface area contributed by atoms with Crippen LogP contribution in [-0.2, 0) is 11.4 Å². The summed E-state index contributed by atoms with van der Waals surface area (Å²) in [7, 11) is 1.52. The Kier molecular flexibility index (Phi) is 8.53. The molecule has 0 radical (unpaired) electrons. The molecule has 168 valence electrons. The summed E-state index contributed by atoms with van der Waals surface area (Å²) < 4.78 is 12.0. The molecule has 0 spiro atoms. The molecular weight excluding hydrogens is 504 g/mol. The van der Waals surface area contributed by atoms with Crippen LogP contribution in [0.1, 0.15) is 29.7 Å². The number of benzene rings is 3. The van der Waals surface area contributed by atoms with Crippen LogP contribution in [0.3, 0.4) is 0 Å². The topological polar surface area (TPSA) is 71.3 Å². The minimum absolute atomic E-state index is 0.0172. The first-order valence-corrected chi connectivity index (χ1v) is 11.3. The summed E-state index contributed by atoms with van der Waals surface area (Å²) in [6.45, 7) is 2.13. The van der Waals surface area contributed by atoms with Crippen molar-refractivity contribution in [2.75, 3.05) is 7.11 Å². The van der Waals surface area contributed by atoms with Crippen LogP contribution >= 0.6 is 27.5 Å². The second kappa shape index (κ2) is 11.6. The van der Waals surface area contributed by atoms with Crippen LogP contribution in [-0.4, -0.2) is 13.0 Å². The number of ether oxygens (including phenoxy) is 2. The van der Waals surface area contributed by atoms with Gasteiger partial charge in [0.25, 0.3) is 5.91 Å². The average Bonchev–Trinajstić information content (AvgIpc) is 2.82. The van der Waals surface area contributed by atoms with Crippen LogP contribution in [0.15, 0.2) is 76.8 Å². The number of hydrogen-bond acceptors (Lipinski definition) is 4. The largest absolute Gasteiger partial charge is 0.493 e. The van der Waals surface area contributed by atoms with Crippen LogP contribution in [0.4, 0.5) is 0 Å². The number of nitriles is 1. The van der Waals surface area contributed by atoms with E-state index in [9.17, 15) is 10.1 Å². The second-order valence-corrected chi connectivity index (χ2v) is 8.45. The molecule has 0 unspecified atom stereocenters. The van der Waals surface area contributed by atoms with Crippen molar-refractivity contribution in [2.45, 2.75) is 19.6 Å². The fraction of sp³-hybridized carbons (Fsp3) is 0.154. The zero-order chi connectivity index (χ0) is 23.8. The van der Waals surface area contributed by atoms with Crippen LogP contribution in [0.5, 0.6) is 11.5 Å². The van der Waals surface area contributed by atoms with Crippen LogP contribution in [0, 0.1) is 11.3 Å². The second-order valence-electron chi connectivity index (χ2n) is 7.19. The highest BCUT2D eigenvalue weighted by molar-refractivity contribution is 9.10. The normalized spacial score (nSPS) is 11.9.